The molecule has 3 rings (SSSR count). The van der Waals surface area contributed by atoms with E-state index in [-0.39, 0.29) is 29.7 Å². The van der Waals surface area contributed by atoms with Crippen LogP contribution in [0.25, 0.3) is 0 Å². The highest BCUT2D eigenvalue weighted by atomic mass is 16.5. The third-order valence-corrected chi connectivity index (χ3v) is 5.86. The minimum absolute atomic E-state index is 0.188. The Kier molecular flexibility index (Phi) is 8.00. The Bertz CT molecular complexity index is 1010. The zero-order valence-corrected chi connectivity index (χ0v) is 19.2. The average molecular weight is 454 g/mol. The van der Waals surface area contributed by atoms with E-state index in [1.165, 1.54) is 7.11 Å². The van der Waals surface area contributed by atoms with Crippen molar-refractivity contribution in [3.05, 3.63) is 58.8 Å². The summed E-state index contributed by atoms with van der Waals surface area (Å²) in [6.07, 6.45) is 1.47. The number of nitrogens with two attached hydrogens (primary N) is 1. The van der Waals surface area contributed by atoms with E-state index in [0.717, 1.165) is 23.2 Å². The molecule has 3 atom stereocenters. The maximum absolute atomic E-state index is 12.6. The van der Waals surface area contributed by atoms with Crippen molar-refractivity contribution >= 4 is 23.6 Å². The van der Waals surface area contributed by atoms with Crippen molar-refractivity contribution in [1.29, 1.82) is 0 Å². The second-order valence-electron chi connectivity index (χ2n) is 8.38. The molecule has 9 heteroatoms. The minimum Gasteiger partial charge on any atom is -0.465 e. The number of rotatable bonds is 8. The van der Waals surface area contributed by atoms with Gasteiger partial charge in [0.25, 0.3) is 0 Å². The maximum atomic E-state index is 12.6. The molecule has 1 aromatic heterocycles. The lowest BCUT2D eigenvalue weighted by atomic mass is 9.96. The molecule has 176 valence electrons. The van der Waals surface area contributed by atoms with Crippen LogP contribution in [0, 0.1) is 12.8 Å². The van der Waals surface area contributed by atoms with Crippen LogP contribution < -0.4 is 21.7 Å². The summed E-state index contributed by atoms with van der Waals surface area (Å²) in [7, 11) is 1.36. The molecule has 0 spiro atoms. The van der Waals surface area contributed by atoms with Crippen LogP contribution in [-0.4, -0.2) is 48.5 Å². The van der Waals surface area contributed by atoms with Gasteiger partial charge in [0, 0.05) is 12.2 Å². The molecule has 2 amide bonds. The number of pyridine rings is 1. The van der Waals surface area contributed by atoms with Crippen molar-refractivity contribution in [3.63, 3.8) is 0 Å². The molecule has 1 aliphatic rings. The summed E-state index contributed by atoms with van der Waals surface area (Å²) in [6.45, 7) is 4.52. The van der Waals surface area contributed by atoms with Crippen LogP contribution in [-0.2, 0) is 27.3 Å². The Morgan fingerprint density at radius 3 is 2.61 bits per heavy atom. The lowest BCUT2D eigenvalue weighted by Gasteiger charge is -2.17. The van der Waals surface area contributed by atoms with Gasteiger partial charge in [0.1, 0.15) is 11.9 Å². The molecule has 0 bridgehead atoms. The zero-order valence-electron chi connectivity index (χ0n) is 19.2. The smallest absolute Gasteiger partial charge is 0.337 e. The van der Waals surface area contributed by atoms with Gasteiger partial charge in [-0.25, -0.2) is 9.78 Å². The first-order chi connectivity index (χ1) is 15.8. The highest BCUT2D eigenvalue weighted by Crippen LogP contribution is 2.20. The lowest BCUT2D eigenvalue weighted by molar-refractivity contribution is -0.129. The minimum atomic E-state index is -0.661. The van der Waals surface area contributed by atoms with E-state index in [9.17, 15) is 14.4 Å². The van der Waals surface area contributed by atoms with E-state index in [1.807, 2.05) is 25.1 Å². The van der Waals surface area contributed by atoms with Gasteiger partial charge in [-0.05, 0) is 68.5 Å². The predicted octanol–water partition coefficient (Wildman–Crippen LogP) is 1.10. The first kappa shape index (κ1) is 24.2. The van der Waals surface area contributed by atoms with Crippen LogP contribution in [0.1, 0.15) is 40.5 Å². The summed E-state index contributed by atoms with van der Waals surface area (Å²) in [6, 6.07) is 9.82. The van der Waals surface area contributed by atoms with Crippen molar-refractivity contribution in [1.82, 2.24) is 20.9 Å². The van der Waals surface area contributed by atoms with Gasteiger partial charge < -0.3 is 26.4 Å². The normalized spacial score (nSPS) is 18.4. The third-order valence-electron chi connectivity index (χ3n) is 5.86. The van der Waals surface area contributed by atoms with Crippen molar-refractivity contribution in [2.75, 3.05) is 19.4 Å². The fourth-order valence-electron chi connectivity index (χ4n) is 3.90. The Balaban J connectivity index is 1.44. The summed E-state index contributed by atoms with van der Waals surface area (Å²) in [5.41, 5.74) is 8.89. The molecule has 1 saturated heterocycles. The number of aromatic nitrogens is 1. The Morgan fingerprint density at radius 2 is 1.94 bits per heavy atom. The number of nitrogens with zero attached hydrogens (tertiary/aromatic N) is 1. The van der Waals surface area contributed by atoms with Gasteiger partial charge in [-0.1, -0.05) is 18.2 Å². The third kappa shape index (κ3) is 6.52. The van der Waals surface area contributed by atoms with Crippen LogP contribution in [0.4, 0.5) is 5.82 Å². The fourth-order valence-corrected chi connectivity index (χ4v) is 3.90. The molecule has 1 aliphatic heterocycles. The van der Waals surface area contributed by atoms with Gasteiger partial charge in [0.05, 0.1) is 18.7 Å². The highest BCUT2D eigenvalue weighted by Gasteiger charge is 2.31. The quantitative estimate of drug-likeness (QED) is 0.440. The number of carbonyl (C=O) groups excluding carboxylic acids is 3. The summed E-state index contributed by atoms with van der Waals surface area (Å²) in [4.78, 5) is 40.8. The molecule has 33 heavy (non-hydrogen) atoms. The highest BCUT2D eigenvalue weighted by molar-refractivity contribution is 5.90. The molecular weight excluding hydrogens is 422 g/mol. The molecule has 5 N–H and O–H groups in total. The number of carbonyl (C=O) groups is 3. The van der Waals surface area contributed by atoms with Crippen LogP contribution in [0.2, 0.25) is 0 Å². The number of methoxy groups -OCH3 is 1. The molecule has 0 aliphatic carbocycles. The zero-order chi connectivity index (χ0) is 24.0. The molecule has 1 fully saturated rings. The van der Waals surface area contributed by atoms with Crippen LogP contribution in [0.3, 0.4) is 0 Å². The Morgan fingerprint density at radius 1 is 1.21 bits per heavy atom. The van der Waals surface area contributed by atoms with E-state index in [1.54, 1.807) is 25.1 Å². The molecule has 9 nitrogen and oxygen atoms in total. The van der Waals surface area contributed by atoms with Crippen LogP contribution >= 0.6 is 0 Å². The number of hydrogen-bond acceptors (Lipinski definition) is 7. The van der Waals surface area contributed by atoms with Gasteiger partial charge in [-0.2, -0.15) is 0 Å². The van der Waals surface area contributed by atoms with Gasteiger partial charge in [0.15, 0.2) is 0 Å². The van der Waals surface area contributed by atoms with E-state index in [0.29, 0.717) is 30.9 Å². The van der Waals surface area contributed by atoms with Crippen LogP contribution in [0.5, 0.6) is 0 Å². The molecule has 2 aromatic rings. The van der Waals surface area contributed by atoms with Gasteiger partial charge in [-0.3, -0.25) is 9.59 Å². The predicted molar refractivity (Wildman–Crippen MR) is 124 cm³/mol. The fraction of sp³-hybridized carbons (Fsp3) is 0.417. The molecular formula is C24H31N5O4. The number of anilines is 1. The van der Waals surface area contributed by atoms with Crippen molar-refractivity contribution in [3.8, 4) is 0 Å². The van der Waals surface area contributed by atoms with E-state index in [2.05, 4.69) is 20.9 Å². The number of hydrogen-bond donors (Lipinski definition) is 4. The number of aryl methyl sites for hydroxylation is 1. The second-order valence-corrected chi connectivity index (χ2v) is 8.38. The first-order valence-electron chi connectivity index (χ1n) is 11.0. The van der Waals surface area contributed by atoms with Crippen molar-refractivity contribution < 1.29 is 19.1 Å². The molecule has 0 radical (unpaired) electrons. The largest absolute Gasteiger partial charge is 0.465 e. The average Bonchev–Trinajstić information content (AvgIpc) is 3.27. The number of benzene rings is 1. The lowest BCUT2D eigenvalue weighted by Crippen LogP contribution is -2.50. The number of ether oxygens (including phenoxy) is 1. The molecule has 2 heterocycles. The topological polar surface area (TPSA) is 135 Å². The second kappa shape index (κ2) is 10.9. The Hall–Kier alpha value is -3.46. The SMILES string of the molecule is COC(=O)c1ccc(C[C@@H]2CN[C@@H](C(=O)NC(C)C(=O)NCc3ccc(N)nc3C)C2)cc1. The molecule has 1 aromatic carbocycles. The van der Waals surface area contributed by atoms with Crippen molar-refractivity contribution in [2.24, 2.45) is 5.92 Å². The monoisotopic (exact) mass is 453 g/mol. The molecule has 1 unspecified atom stereocenters. The Labute approximate surface area is 193 Å². The first-order valence-corrected chi connectivity index (χ1v) is 11.0. The summed E-state index contributed by atoms with van der Waals surface area (Å²) < 4.78 is 4.72. The summed E-state index contributed by atoms with van der Waals surface area (Å²) in [5, 5.41) is 8.86. The van der Waals surface area contributed by atoms with Crippen molar-refractivity contribution in [2.45, 2.75) is 45.3 Å². The maximum Gasteiger partial charge on any atom is 0.337 e. The summed E-state index contributed by atoms with van der Waals surface area (Å²) >= 11 is 0. The number of nitrogens with one attached hydrogen (secondary N) is 3. The van der Waals surface area contributed by atoms with E-state index in [4.69, 9.17) is 10.5 Å². The molecule has 0 saturated carbocycles. The van der Waals surface area contributed by atoms with Gasteiger partial charge >= 0.3 is 5.97 Å². The summed E-state index contributed by atoms with van der Waals surface area (Å²) in [5.74, 6) is -0.0933. The van der Waals surface area contributed by atoms with Gasteiger partial charge in [-0.15, -0.1) is 0 Å². The standard InChI is InChI=1S/C24H31N5O4/c1-14-19(8-9-21(25)28-14)13-27-22(30)15(2)29-23(31)20-11-17(12-26-20)10-16-4-6-18(7-5-16)24(32)33-3/h4-9,15,17,20,26H,10-13H2,1-3H3,(H2,25,28)(H,27,30)(H,29,31)/t15?,17-,20+/m0/s1. The van der Waals surface area contributed by atoms with Gasteiger partial charge in [0.2, 0.25) is 11.8 Å². The van der Waals surface area contributed by atoms with E-state index < -0.39 is 6.04 Å². The number of esters is 1. The number of amides is 2. The number of nitrogen functional groups attached to an aromatic ring is 1. The van der Waals surface area contributed by atoms with E-state index >= 15 is 0 Å². The van der Waals surface area contributed by atoms with Crippen LogP contribution in [0.15, 0.2) is 36.4 Å².